The van der Waals surface area contributed by atoms with E-state index < -0.39 is 23.7 Å². The Bertz CT molecular complexity index is 359. The maximum atomic E-state index is 11.6. The third-order valence-corrected chi connectivity index (χ3v) is 2.12. The second-order valence-corrected chi connectivity index (χ2v) is 5.17. The topological polar surface area (TPSA) is 129 Å². The quantitative estimate of drug-likeness (QED) is 0.275. The van der Waals surface area contributed by atoms with Gasteiger partial charge in [-0.05, 0) is 33.6 Å². The van der Waals surface area contributed by atoms with Crippen molar-refractivity contribution >= 4 is 18.0 Å². The molecule has 0 aliphatic rings. The summed E-state index contributed by atoms with van der Waals surface area (Å²) in [7, 11) is 1.25. The number of guanidine groups is 1. The molecule has 5 N–H and O–H groups in total. The molecule has 0 aliphatic heterocycles. The zero-order valence-electron chi connectivity index (χ0n) is 12.4. The average Bonchev–Trinajstić information content (AvgIpc) is 2.29. The van der Waals surface area contributed by atoms with Crippen LogP contribution in [0.4, 0.5) is 4.79 Å². The molecule has 8 heteroatoms. The Balaban J connectivity index is 4.39. The smallest absolute Gasteiger partial charge is 0.408 e. The number of hydrogen-bond donors (Lipinski definition) is 3. The van der Waals surface area contributed by atoms with Crippen molar-refractivity contribution in [3.8, 4) is 0 Å². The van der Waals surface area contributed by atoms with Crippen LogP contribution < -0.4 is 16.8 Å². The molecule has 1 atom stereocenters. The number of aliphatic imine (C=N–C) groups is 1. The molecule has 0 unspecified atom stereocenters. The Morgan fingerprint density at radius 3 is 2.35 bits per heavy atom. The minimum absolute atomic E-state index is 0.0141. The number of hydrogen-bond acceptors (Lipinski definition) is 5. The zero-order chi connectivity index (χ0) is 15.8. The number of ether oxygens (including phenoxy) is 2. The maximum Gasteiger partial charge on any atom is 0.408 e. The standard InChI is InChI=1S/C12H24N4O4/c1-12(2,3)20-11(18)16-8(9(17)19-4)6-5-7-15-10(13)14/h8H,5-7H2,1-4H3,(H,16,18)(H4,13,14,15)/t8-/m0/s1. The van der Waals surface area contributed by atoms with Crippen molar-refractivity contribution in [1.29, 1.82) is 0 Å². The summed E-state index contributed by atoms with van der Waals surface area (Å²) in [5.74, 6) is -0.555. The van der Waals surface area contributed by atoms with Crippen LogP contribution in [-0.2, 0) is 14.3 Å². The van der Waals surface area contributed by atoms with Gasteiger partial charge < -0.3 is 26.3 Å². The third kappa shape index (κ3) is 9.01. The summed E-state index contributed by atoms with van der Waals surface area (Å²) in [4.78, 5) is 27.0. The highest BCUT2D eigenvalue weighted by Gasteiger charge is 2.24. The molecule has 0 aromatic carbocycles. The van der Waals surface area contributed by atoms with E-state index in [2.05, 4.69) is 15.0 Å². The first-order valence-corrected chi connectivity index (χ1v) is 6.28. The fourth-order valence-corrected chi connectivity index (χ4v) is 1.34. The molecule has 8 nitrogen and oxygen atoms in total. The fourth-order valence-electron chi connectivity index (χ4n) is 1.34. The molecule has 0 fully saturated rings. The van der Waals surface area contributed by atoms with E-state index in [1.54, 1.807) is 20.8 Å². The Labute approximate surface area is 118 Å². The Morgan fingerprint density at radius 1 is 1.30 bits per heavy atom. The van der Waals surface area contributed by atoms with Gasteiger partial charge in [0.15, 0.2) is 5.96 Å². The van der Waals surface area contributed by atoms with Crippen molar-refractivity contribution in [3.63, 3.8) is 0 Å². The largest absolute Gasteiger partial charge is 0.467 e. The van der Waals surface area contributed by atoms with Gasteiger partial charge in [-0.25, -0.2) is 9.59 Å². The van der Waals surface area contributed by atoms with Crippen molar-refractivity contribution in [3.05, 3.63) is 0 Å². The maximum absolute atomic E-state index is 11.6. The molecule has 0 radical (unpaired) electrons. The van der Waals surface area contributed by atoms with Crippen molar-refractivity contribution in [2.75, 3.05) is 13.7 Å². The lowest BCUT2D eigenvalue weighted by molar-refractivity contribution is -0.143. The minimum Gasteiger partial charge on any atom is -0.467 e. The summed E-state index contributed by atoms with van der Waals surface area (Å²) in [5.41, 5.74) is 9.75. The Hall–Kier alpha value is -1.99. The number of nitrogens with two attached hydrogens (primary N) is 2. The summed E-state index contributed by atoms with van der Waals surface area (Å²) in [6.45, 7) is 5.57. The highest BCUT2D eigenvalue weighted by atomic mass is 16.6. The first kappa shape index (κ1) is 18.0. The molecule has 20 heavy (non-hydrogen) atoms. The highest BCUT2D eigenvalue weighted by Crippen LogP contribution is 2.08. The van der Waals surface area contributed by atoms with Crippen LogP contribution in [0.2, 0.25) is 0 Å². The number of alkyl carbamates (subject to hydrolysis) is 1. The molecule has 0 heterocycles. The Morgan fingerprint density at radius 2 is 1.90 bits per heavy atom. The van der Waals surface area contributed by atoms with Crippen molar-refractivity contribution in [2.24, 2.45) is 16.5 Å². The average molecular weight is 288 g/mol. The van der Waals surface area contributed by atoms with E-state index in [1.807, 2.05) is 0 Å². The second kappa shape index (κ2) is 8.23. The number of methoxy groups -OCH3 is 1. The van der Waals surface area contributed by atoms with Gasteiger partial charge in [-0.15, -0.1) is 0 Å². The van der Waals surface area contributed by atoms with Crippen LogP contribution in [0.25, 0.3) is 0 Å². The van der Waals surface area contributed by atoms with Gasteiger partial charge in [0.05, 0.1) is 7.11 Å². The molecule has 0 aromatic rings. The zero-order valence-corrected chi connectivity index (χ0v) is 12.4. The van der Waals surface area contributed by atoms with Gasteiger partial charge in [0.1, 0.15) is 11.6 Å². The van der Waals surface area contributed by atoms with Gasteiger partial charge in [-0.1, -0.05) is 0 Å². The summed E-state index contributed by atoms with van der Waals surface area (Å²) >= 11 is 0. The predicted octanol–water partition coefficient (Wildman–Crippen LogP) is 0.106. The van der Waals surface area contributed by atoms with E-state index in [-0.39, 0.29) is 5.96 Å². The van der Waals surface area contributed by atoms with E-state index in [0.29, 0.717) is 19.4 Å². The second-order valence-electron chi connectivity index (χ2n) is 5.17. The number of carbonyl (C=O) groups is 2. The molecule has 0 aliphatic carbocycles. The molecule has 0 saturated heterocycles. The number of nitrogens with zero attached hydrogens (tertiary/aromatic N) is 1. The Kier molecular flexibility index (Phi) is 7.42. The number of amides is 1. The van der Waals surface area contributed by atoms with E-state index in [0.717, 1.165) is 0 Å². The van der Waals surface area contributed by atoms with Gasteiger partial charge in [-0.2, -0.15) is 0 Å². The van der Waals surface area contributed by atoms with Gasteiger partial charge in [0, 0.05) is 6.54 Å². The summed E-state index contributed by atoms with van der Waals surface area (Å²) in [6, 6.07) is -0.788. The third-order valence-electron chi connectivity index (χ3n) is 2.12. The van der Waals surface area contributed by atoms with E-state index in [4.69, 9.17) is 16.2 Å². The molecule has 0 saturated carbocycles. The number of esters is 1. The van der Waals surface area contributed by atoms with E-state index in [9.17, 15) is 9.59 Å². The van der Waals surface area contributed by atoms with E-state index in [1.165, 1.54) is 7.11 Å². The van der Waals surface area contributed by atoms with Crippen molar-refractivity contribution in [2.45, 2.75) is 45.3 Å². The van der Waals surface area contributed by atoms with E-state index >= 15 is 0 Å². The minimum atomic E-state index is -0.788. The lowest BCUT2D eigenvalue weighted by Crippen LogP contribution is -2.44. The molecule has 0 bridgehead atoms. The molecule has 0 rings (SSSR count). The molecular weight excluding hydrogens is 264 g/mol. The lowest BCUT2D eigenvalue weighted by atomic mass is 10.1. The lowest BCUT2D eigenvalue weighted by Gasteiger charge is -2.22. The van der Waals surface area contributed by atoms with Crippen LogP contribution in [0, 0.1) is 0 Å². The first-order chi connectivity index (χ1) is 9.15. The van der Waals surface area contributed by atoms with Crippen LogP contribution >= 0.6 is 0 Å². The molecule has 116 valence electrons. The molecule has 1 amide bonds. The normalized spacial score (nSPS) is 12.2. The fraction of sp³-hybridized carbons (Fsp3) is 0.750. The first-order valence-electron chi connectivity index (χ1n) is 6.28. The number of carbonyl (C=O) groups excluding carboxylic acids is 2. The van der Waals surface area contributed by atoms with Crippen molar-refractivity contribution < 1.29 is 19.1 Å². The number of rotatable bonds is 6. The van der Waals surface area contributed by atoms with Gasteiger partial charge >= 0.3 is 12.1 Å². The molecular formula is C12H24N4O4. The summed E-state index contributed by atoms with van der Waals surface area (Å²) in [5, 5.41) is 2.47. The summed E-state index contributed by atoms with van der Waals surface area (Å²) in [6.07, 6.45) is 0.200. The predicted molar refractivity (Wildman–Crippen MR) is 75.1 cm³/mol. The van der Waals surface area contributed by atoms with Crippen LogP contribution in [0.1, 0.15) is 33.6 Å². The summed E-state index contributed by atoms with van der Waals surface area (Å²) < 4.78 is 9.71. The van der Waals surface area contributed by atoms with Gasteiger partial charge in [-0.3, -0.25) is 4.99 Å². The van der Waals surface area contributed by atoms with Crippen molar-refractivity contribution in [1.82, 2.24) is 5.32 Å². The van der Waals surface area contributed by atoms with Gasteiger partial charge in [0.25, 0.3) is 0 Å². The SMILES string of the molecule is COC(=O)[C@H](CCCN=C(N)N)NC(=O)OC(C)(C)C. The molecule has 0 spiro atoms. The van der Waals surface area contributed by atoms with Crippen LogP contribution in [-0.4, -0.2) is 43.3 Å². The number of nitrogens with one attached hydrogen (secondary N) is 1. The van der Waals surface area contributed by atoms with Crippen LogP contribution in [0.5, 0.6) is 0 Å². The highest BCUT2D eigenvalue weighted by molar-refractivity contribution is 5.81. The van der Waals surface area contributed by atoms with Gasteiger partial charge in [0.2, 0.25) is 0 Å². The van der Waals surface area contributed by atoms with Crippen LogP contribution in [0.3, 0.4) is 0 Å². The van der Waals surface area contributed by atoms with Crippen LogP contribution in [0.15, 0.2) is 4.99 Å². The molecule has 0 aromatic heterocycles. The monoisotopic (exact) mass is 288 g/mol.